The van der Waals surface area contributed by atoms with Crippen LogP contribution in [-0.4, -0.2) is 21.3 Å². The van der Waals surface area contributed by atoms with E-state index in [1.807, 2.05) is 0 Å². The zero-order valence-electron chi connectivity index (χ0n) is 8.66. The number of hydrogen-bond donors (Lipinski definition) is 2. The molecule has 88 valence electrons. The van der Waals surface area contributed by atoms with Gasteiger partial charge in [-0.1, -0.05) is 17.3 Å². The third-order valence-electron chi connectivity index (χ3n) is 2.10. The number of ether oxygens (including phenoxy) is 1. The van der Waals surface area contributed by atoms with Gasteiger partial charge in [0.15, 0.2) is 17.3 Å². The van der Waals surface area contributed by atoms with Crippen molar-refractivity contribution in [2.24, 2.45) is 0 Å². The monoisotopic (exact) mass is 235 g/mol. The molecule has 2 N–H and O–H groups in total. The Hall–Kier alpha value is -2.50. The van der Waals surface area contributed by atoms with E-state index >= 15 is 0 Å². The molecule has 0 aliphatic carbocycles. The maximum atomic E-state index is 10.8. The van der Waals surface area contributed by atoms with E-state index in [9.17, 15) is 9.90 Å². The predicted octanol–water partition coefficient (Wildman–Crippen LogP) is 1.66. The number of carbonyl (C=O) groups is 1. The summed E-state index contributed by atoms with van der Waals surface area (Å²) in [4.78, 5) is 10.8. The molecule has 2 rings (SSSR count). The first-order valence-corrected chi connectivity index (χ1v) is 4.76. The number of phenolic OH excluding ortho intramolecular Hbond substituents is 1. The average Bonchev–Trinajstić information content (AvgIpc) is 2.76. The van der Waals surface area contributed by atoms with Gasteiger partial charge in [-0.05, 0) is 12.1 Å². The SMILES string of the molecule is O=C(O)c1cnoc1COc1ccccc1O. The van der Waals surface area contributed by atoms with Gasteiger partial charge < -0.3 is 19.5 Å². The average molecular weight is 235 g/mol. The quantitative estimate of drug-likeness (QED) is 0.837. The molecule has 0 spiro atoms. The second-order valence-corrected chi connectivity index (χ2v) is 3.22. The fourth-order valence-electron chi connectivity index (χ4n) is 1.26. The van der Waals surface area contributed by atoms with Gasteiger partial charge >= 0.3 is 5.97 Å². The topological polar surface area (TPSA) is 92.8 Å². The largest absolute Gasteiger partial charge is 0.504 e. The van der Waals surface area contributed by atoms with Crippen molar-refractivity contribution in [3.05, 3.63) is 41.8 Å². The smallest absolute Gasteiger partial charge is 0.341 e. The summed E-state index contributed by atoms with van der Waals surface area (Å²) >= 11 is 0. The number of carboxylic acid groups (broad SMARTS) is 1. The maximum Gasteiger partial charge on any atom is 0.341 e. The van der Waals surface area contributed by atoms with Crippen LogP contribution in [0.3, 0.4) is 0 Å². The van der Waals surface area contributed by atoms with Gasteiger partial charge in [0.2, 0.25) is 0 Å². The van der Waals surface area contributed by atoms with E-state index < -0.39 is 5.97 Å². The summed E-state index contributed by atoms with van der Waals surface area (Å²) in [7, 11) is 0. The lowest BCUT2D eigenvalue weighted by Crippen LogP contribution is -2.02. The van der Waals surface area contributed by atoms with Crippen molar-refractivity contribution in [3.63, 3.8) is 0 Å². The molecule has 0 fully saturated rings. The van der Waals surface area contributed by atoms with E-state index in [4.69, 9.17) is 14.4 Å². The van der Waals surface area contributed by atoms with Crippen LogP contribution >= 0.6 is 0 Å². The first-order valence-electron chi connectivity index (χ1n) is 4.76. The number of carboxylic acids is 1. The lowest BCUT2D eigenvalue weighted by molar-refractivity contribution is 0.0691. The molecule has 0 unspecified atom stereocenters. The van der Waals surface area contributed by atoms with Gasteiger partial charge in [0, 0.05) is 0 Å². The molecule has 1 heterocycles. The minimum atomic E-state index is -1.14. The summed E-state index contributed by atoms with van der Waals surface area (Å²) in [6, 6.07) is 6.37. The van der Waals surface area contributed by atoms with Crippen LogP contribution in [0, 0.1) is 0 Å². The third kappa shape index (κ3) is 2.36. The number of rotatable bonds is 4. The van der Waals surface area contributed by atoms with E-state index in [0.717, 1.165) is 6.20 Å². The molecule has 0 atom stereocenters. The number of para-hydroxylation sites is 2. The van der Waals surface area contributed by atoms with Gasteiger partial charge in [0.25, 0.3) is 0 Å². The highest BCUT2D eigenvalue weighted by Crippen LogP contribution is 2.25. The molecular weight excluding hydrogens is 226 g/mol. The van der Waals surface area contributed by atoms with Gasteiger partial charge in [-0.25, -0.2) is 4.79 Å². The minimum Gasteiger partial charge on any atom is -0.504 e. The first-order chi connectivity index (χ1) is 8.18. The van der Waals surface area contributed by atoms with Crippen molar-refractivity contribution in [1.29, 1.82) is 0 Å². The van der Waals surface area contributed by atoms with E-state index in [1.165, 1.54) is 6.07 Å². The molecular formula is C11H9NO5. The maximum absolute atomic E-state index is 10.8. The molecule has 0 aliphatic heterocycles. The Kier molecular flexibility index (Phi) is 2.95. The highest BCUT2D eigenvalue weighted by Gasteiger charge is 2.15. The van der Waals surface area contributed by atoms with Crippen LogP contribution in [0.1, 0.15) is 16.1 Å². The first kappa shape index (κ1) is 11.0. The van der Waals surface area contributed by atoms with E-state index in [2.05, 4.69) is 5.16 Å². The normalized spacial score (nSPS) is 10.1. The predicted molar refractivity (Wildman–Crippen MR) is 55.9 cm³/mol. The van der Waals surface area contributed by atoms with Crippen molar-refractivity contribution in [3.8, 4) is 11.5 Å². The second kappa shape index (κ2) is 4.56. The van der Waals surface area contributed by atoms with Gasteiger partial charge in [0.05, 0.1) is 6.20 Å². The van der Waals surface area contributed by atoms with Crippen LogP contribution in [0.5, 0.6) is 11.5 Å². The van der Waals surface area contributed by atoms with Crippen molar-refractivity contribution < 1.29 is 24.3 Å². The minimum absolute atomic E-state index is 0.0242. The standard InChI is InChI=1S/C11H9NO5/c13-8-3-1-2-4-9(8)16-6-10-7(11(14)15)5-12-17-10/h1-5,13H,6H2,(H,14,15). The molecule has 2 aromatic rings. The van der Waals surface area contributed by atoms with Crippen LogP contribution in [0.15, 0.2) is 35.0 Å². The number of benzene rings is 1. The Labute approximate surface area is 96.0 Å². The lowest BCUT2D eigenvalue weighted by Gasteiger charge is -2.05. The molecule has 0 saturated heterocycles. The zero-order chi connectivity index (χ0) is 12.3. The second-order valence-electron chi connectivity index (χ2n) is 3.22. The van der Waals surface area contributed by atoms with Crippen LogP contribution in [0.4, 0.5) is 0 Å². The summed E-state index contributed by atoms with van der Waals surface area (Å²) < 4.78 is 9.97. The molecule has 17 heavy (non-hydrogen) atoms. The van der Waals surface area contributed by atoms with Crippen molar-refractivity contribution in [2.75, 3.05) is 0 Å². The Morgan fingerprint density at radius 2 is 2.18 bits per heavy atom. The molecule has 1 aromatic carbocycles. The Bertz CT molecular complexity index is 534. The van der Waals surface area contributed by atoms with Gasteiger partial charge in [-0.3, -0.25) is 0 Å². The number of aromatic carboxylic acids is 1. The number of nitrogens with zero attached hydrogens (tertiary/aromatic N) is 1. The Morgan fingerprint density at radius 1 is 1.41 bits per heavy atom. The summed E-state index contributed by atoms with van der Waals surface area (Å²) in [6.45, 7) is -0.112. The van der Waals surface area contributed by atoms with Crippen molar-refractivity contribution in [2.45, 2.75) is 6.61 Å². The van der Waals surface area contributed by atoms with Gasteiger partial charge in [-0.15, -0.1) is 0 Å². The molecule has 0 bridgehead atoms. The van der Waals surface area contributed by atoms with Gasteiger partial charge in [-0.2, -0.15) is 0 Å². The fraction of sp³-hybridized carbons (Fsp3) is 0.0909. The number of aromatic nitrogens is 1. The van der Waals surface area contributed by atoms with E-state index in [1.54, 1.807) is 18.2 Å². The Morgan fingerprint density at radius 3 is 2.88 bits per heavy atom. The summed E-state index contributed by atoms with van der Waals surface area (Å²) in [6.07, 6.45) is 1.10. The van der Waals surface area contributed by atoms with E-state index in [-0.39, 0.29) is 29.4 Å². The number of phenols is 1. The molecule has 6 heteroatoms. The highest BCUT2D eigenvalue weighted by molar-refractivity contribution is 5.88. The lowest BCUT2D eigenvalue weighted by atomic mass is 10.3. The number of hydrogen-bond acceptors (Lipinski definition) is 5. The van der Waals surface area contributed by atoms with Crippen molar-refractivity contribution in [1.82, 2.24) is 5.16 Å². The zero-order valence-corrected chi connectivity index (χ0v) is 8.66. The van der Waals surface area contributed by atoms with Gasteiger partial charge in [0.1, 0.15) is 12.2 Å². The molecule has 0 aliphatic rings. The third-order valence-corrected chi connectivity index (χ3v) is 2.10. The van der Waals surface area contributed by atoms with Crippen LogP contribution in [0.2, 0.25) is 0 Å². The number of aromatic hydroxyl groups is 1. The van der Waals surface area contributed by atoms with Crippen LogP contribution in [0.25, 0.3) is 0 Å². The van der Waals surface area contributed by atoms with Crippen LogP contribution < -0.4 is 4.74 Å². The summed E-state index contributed by atoms with van der Waals surface area (Å²) in [5.41, 5.74) is -0.0552. The van der Waals surface area contributed by atoms with Crippen LogP contribution in [-0.2, 0) is 6.61 Å². The fourth-order valence-corrected chi connectivity index (χ4v) is 1.26. The van der Waals surface area contributed by atoms with Crippen molar-refractivity contribution >= 4 is 5.97 Å². The molecule has 0 radical (unpaired) electrons. The molecule has 0 saturated carbocycles. The van der Waals surface area contributed by atoms with E-state index in [0.29, 0.717) is 0 Å². The molecule has 6 nitrogen and oxygen atoms in total. The summed E-state index contributed by atoms with van der Waals surface area (Å²) in [5, 5.41) is 21.6. The Balaban J connectivity index is 2.10. The molecule has 0 amide bonds. The molecule has 1 aromatic heterocycles. The summed E-state index contributed by atoms with van der Waals surface area (Å²) in [5.74, 6) is -0.813. The highest BCUT2D eigenvalue weighted by atomic mass is 16.5.